The van der Waals surface area contributed by atoms with Gasteiger partial charge < -0.3 is 4.72 Å². The Morgan fingerprint density at radius 3 is 2.56 bits per heavy atom. The van der Waals surface area contributed by atoms with Gasteiger partial charge in [0, 0.05) is 16.2 Å². The van der Waals surface area contributed by atoms with E-state index in [1.54, 1.807) is 11.9 Å². The molecule has 0 saturated carbocycles. The van der Waals surface area contributed by atoms with E-state index in [1.165, 1.54) is 32.8 Å². The van der Waals surface area contributed by atoms with E-state index >= 15 is 0 Å². The molecule has 2 aromatic carbocycles. The first-order valence-corrected chi connectivity index (χ1v) is 6.91. The fourth-order valence-corrected chi connectivity index (χ4v) is 3.14. The molecule has 0 bridgehead atoms. The molecule has 1 aliphatic rings. The molecule has 1 heterocycles. The lowest BCUT2D eigenvalue weighted by Gasteiger charge is -2.08. The van der Waals surface area contributed by atoms with Gasteiger partial charge in [-0.15, -0.1) is 0 Å². The third-order valence-corrected chi connectivity index (χ3v) is 4.10. The maximum Gasteiger partial charge on any atom is 0.0491 e. The lowest BCUT2D eigenvalue weighted by Crippen LogP contribution is -1.94. The molecule has 0 radical (unpaired) electrons. The molecule has 0 spiro atoms. The Balaban J connectivity index is 2.19. The summed E-state index contributed by atoms with van der Waals surface area (Å²) in [5, 5.41) is 0. The summed E-state index contributed by atoms with van der Waals surface area (Å²) >= 11 is 1.69. The molecule has 3 rings (SSSR count). The summed E-state index contributed by atoms with van der Waals surface area (Å²) in [7, 11) is 0. The van der Waals surface area contributed by atoms with Gasteiger partial charge in [0.25, 0.3) is 0 Å². The van der Waals surface area contributed by atoms with Crippen molar-refractivity contribution < 1.29 is 0 Å². The molecular formula is C16H15NS. The van der Waals surface area contributed by atoms with Crippen LogP contribution in [0.15, 0.2) is 53.4 Å². The van der Waals surface area contributed by atoms with Gasteiger partial charge in [0.15, 0.2) is 0 Å². The number of allylic oxidation sites excluding steroid dienone is 1. The lowest BCUT2D eigenvalue weighted by molar-refractivity contribution is 1.38. The molecule has 0 aliphatic carbocycles. The van der Waals surface area contributed by atoms with Crippen LogP contribution in [0.4, 0.5) is 0 Å². The molecule has 2 aromatic rings. The topological polar surface area (TPSA) is 12.0 Å². The highest BCUT2D eigenvalue weighted by Gasteiger charge is 2.19. The van der Waals surface area contributed by atoms with Crippen LogP contribution in [0.25, 0.3) is 16.8 Å². The van der Waals surface area contributed by atoms with Gasteiger partial charge in [-0.2, -0.15) is 0 Å². The van der Waals surface area contributed by atoms with Crippen molar-refractivity contribution in [2.45, 2.75) is 18.7 Å². The Morgan fingerprint density at radius 2 is 1.83 bits per heavy atom. The van der Waals surface area contributed by atoms with E-state index in [4.69, 9.17) is 0 Å². The van der Waals surface area contributed by atoms with Crippen molar-refractivity contribution in [2.75, 3.05) is 0 Å². The third-order valence-electron chi connectivity index (χ3n) is 3.22. The van der Waals surface area contributed by atoms with Crippen LogP contribution in [-0.2, 0) is 0 Å². The number of fused-ring (bicyclic) bond motifs is 1. The fourth-order valence-electron chi connectivity index (χ4n) is 2.23. The molecule has 0 aromatic heterocycles. The summed E-state index contributed by atoms with van der Waals surface area (Å²) in [6.45, 7) is 4.19. The van der Waals surface area contributed by atoms with E-state index < -0.39 is 0 Å². The number of hydrogen-bond acceptors (Lipinski definition) is 2. The second kappa shape index (κ2) is 4.54. The summed E-state index contributed by atoms with van der Waals surface area (Å²) < 4.78 is 3.37. The Labute approximate surface area is 112 Å². The highest BCUT2D eigenvalue weighted by atomic mass is 32.2. The summed E-state index contributed by atoms with van der Waals surface area (Å²) in [6.07, 6.45) is 2.14. The SMILES string of the molecule is C/C=C1\NSc2cccc(-c3ccc(C)cc3)c21. The monoisotopic (exact) mass is 253 g/mol. The van der Waals surface area contributed by atoms with Gasteiger partial charge in [-0.1, -0.05) is 48.0 Å². The predicted octanol–water partition coefficient (Wildman–Crippen LogP) is 4.63. The molecule has 1 N–H and O–H groups in total. The van der Waals surface area contributed by atoms with Crippen LogP contribution in [0.2, 0.25) is 0 Å². The van der Waals surface area contributed by atoms with E-state index in [9.17, 15) is 0 Å². The summed E-state index contributed by atoms with van der Waals surface area (Å²) in [4.78, 5) is 1.31. The minimum atomic E-state index is 1.21. The Morgan fingerprint density at radius 1 is 1.06 bits per heavy atom. The van der Waals surface area contributed by atoms with Crippen LogP contribution in [0, 0.1) is 6.92 Å². The van der Waals surface area contributed by atoms with E-state index in [0.717, 1.165) is 0 Å². The molecule has 2 heteroatoms. The minimum Gasteiger partial charge on any atom is -0.325 e. The van der Waals surface area contributed by atoms with Crippen LogP contribution in [0.3, 0.4) is 0 Å². The first-order chi connectivity index (χ1) is 8.79. The number of benzene rings is 2. The van der Waals surface area contributed by atoms with Gasteiger partial charge in [-0.25, -0.2) is 0 Å². The smallest absolute Gasteiger partial charge is 0.0491 e. The van der Waals surface area contributed by atoms with Crippen LogP contribution >= 0.6 is 11.9 Å². The zero-order chi connectivity index (χ0) is 12.5. The Hall–Kier alpha value is -1.67. The highest BCUT2D eigenvalue weighted by Crippen LogP contribution is 2.40. The van der Waals surface area contributed by atoms with Crippen molar-refractivity contribution in [3.05, 3.63) is 59.7 Å². The van der Waals surface area contributed by atoms with Gasteiger partial charge in [-0.05, 0) is 43.0 Å². The van der Waals surface area contributed by atoms with Crippen LogP contribution in [-0.4, -0.2) is 0 Å². The minimum absolute atomic E-state index is 1.21. The number of rotatable bonds is 1. The quantitative estimate of drug-likeness (QED) is 0.743. The van der Waals surface area contributed by atoms with Crippen molar-refractivity contribution in [3.63, 3.8) is 0 Å². The van der Waals surface area contributed by atoms with E-state index in [1.807, 2.05) is 0 Å². The fraction of sp³-hybridized carbons (Fsp3) is 0.125. The summed E-state index contributed by atoms with van der Waals surface area (Å²) in [5.74, 6) is 0. The van der Waals surface area contributed by atoms with Crippen molar-refractivity contribution in [1.29, 1.82) is 0 Å². The van der Waals surface area contributed by atoms with Crippen LogP contribution in [0.5, 0.6) is 0 Å². The van der Waals surface area contributed by atoms with Crippen LogP contribution in [0.1, 0.15) is 18.1 Å². The standard InChI is InChI=1S/C16H15NS/c1-3-14-16-13(5-4-6-15(16)18-17-14)12-9-7-11(2)8-10-12/h3-10,17H,1-2H3/b14-3-. The van der Waals surface area contributed by atoms with Crippen molar-refractivity contribution in [1.82, 2.24) is 4.72 Å². The zero-order valence-corrected chi connectivity index (χ0v) is 11.3. The molecule has 18 heavy (non-hydrogen) atoms. The molecule has 0 saturated heterocycles. The highest BCUT2D eigenvalue weighted by molar-refractivity contribution is 7.98. The second-order valence-corrected chi connectivity index (χ2v) is 5.30. The van der Waals surface area contributed by atoms with Gasteiger partial charge >= 0.3 is 0 Å². The maximum atomic E-state index is 3.37. The van der Waals surface area contributed by atoms with E-state index in [2.05, 4.69) is 67.1 Å². The number of hydrogen-bond donors (Lipinski definition) is 1. The zero-order valence-electron chi connectivity index (χ0n) is 10.5. The van der Waals surface area contributed by atoms with Crippen molar-refractivity contribution in [3.8, 4) is 11.1 Å². The maximum absolute atomic E-state index is 3.37. The molecule has 1 aliphatic heterocycles. The molecule has 0 atom stereocenters. The molecule has 1 nitrogen and oxygen atoms in total. The van der Waals surface area contributed by atoms with Gasteiger partial charge in [-0.3, -0.25) is 0 Å². The van der Waals surface area contributed by atoms with Crippen molar-refractivity contribution >= 4 is 17.6 Å². The lowest BCUT2D eigenvalue weighted by atomic mass is 9.97. The average molecular weight is 253 g/mol. The summed E-state index contributed by atoms with van der Waals surface area (Å²) in [6, 6.07) is 15.2. The summed E-state index contributed by atoms with van der Waals surface area (Å²) in [5.41, 5.74) is 6.42. The first kappa shape index (κ1) is 11.4. The van der Waals surface area contributed by atoms with E-state index in [0.29, 0.717) is 0 Å². The average Bonchev–Trinajstić information content (AvgIpc) is 2.82. The molecule has 90 valence electrons. The Kier molecular flexibility index (Phi) is 2.88. The normalized spacial score (nSPS) is 15.6. The Bertz CT molecular complexity index is 611. The van der Waals surface area contributed by atoms with Gasteiger partial charge in [0.05, 0.1) is 0 Å². The second-order valence-electron chi connectivity index (χ2n) is 4.45. The predicted molar refractivity (Wildman–Crippen MR) is 79.3 cm³/mol. The van der Waals surface area contributed by atoms with Gasteiger partial charge in [0.2, 0.25) is 0 Å². The molecule has 0 fully saturated rings. The van der Waals surface area contributed by atoms with Crippen molar-refractivity contribution in [2.24, 2.45) is 0 Å². The largest absolute Gasteiger partial charge is 0.325 e. The number of nitrogens with one attached hydrogen (secondary N) is 1. The number of aryl methyl sites for hydroxylation is 1. The van der Waals surface area contributed by atoms with Gasteiger partial charge in [0.1, 0.15) is 0 Å². The molecule has 0 amide bonds. The van der Waals surface area contributed by atoms with Crippen LogP contribution < -0.4 is 4.72 Å². The molecular weight excluding hydrogens is 238 g/mol. The molecule has 0 unspecified atom stereocenters. The third kappa shape index (κ3) is 1.83. The van der Waals surface area contributed by atoms with E-state index in [-0.39, 0.29) is 0 Å². The first-order valence-electron chi connectivity index (χ1n) is 6.09.